The molecule has 1 aliphatic heterocycles. The molecular weight excluding hydrogens is 328 g/mol. The largest absolute Gasteiger partial charge is 0.384 e. The topological polar surface area (TPSA) is 59.7 Å². The normalized spacial score (nSPS) is 22.8. The van der Waals surface area contributed by atoms with E-state index in [1.165, 1.54) is 0 Å². The van der Waals surface area contributed by atoms with Crippen LogP contribution < -0.4 is 0 Å². The van der Waals surface area contributed by atoms with Crippen LogP contribution in [-0.4, -0.2) is 52.0 Å². The number of carbonyl (C=O) groups is 1. The van der Waals surface area contributed by atoms with Gasteiger partial charge in [-0.05, 0) is 25.7 Å². The van der Waals surface area contributed by atoms with E-state index < -0.39 is 0 Å². The lowest BCUT2D eigenvalue weighted by Crippen LogP contribution is -2.44. The summed E-state index contributed by atoms with van der Waals surface area (Å²) in [6, 6.07) is 0. The van der Waals surface area contributed by atoms with Gasteiger partial charge in [0.1, 0.15) is 11.3 Å². The van der Waals surface area contributed by atoms with E-state index in [2.05, 4.69) is 9.97 Å². The highest BCUT2D eigenvalue weighted by Gasteiger charge is 2.52. The maximum Gasteiger partial charge on any atom is 0.231 e. The number of piperidine rings is 1. The van der Waals surface area contributed by atoms with Crippen LogP contribution in [0, 0.1) is 5.41 Å². The van der Waals surface area contributed by atoms with Crippen LogP contribution in [0.25, 0.3) is 5.52 Å². The molecule has 1 atom stereocenters. The summed E-state index contributed by atoms with van der Waals surface area (Å²) in [5.41, 5.74) is 0.550. The molecule has 2 aromatic rings. The van der Waals surface area contributed by atoms with Gasteiger partial charge in [-0.25, -0.2) is 9.97 Å². The predicted molar refractivity (Wildman–Crippen MR) is 90.1 cm³/mol. The molecule has 0 radical (unpaired) electrons. The van der Waals surface area contributed by atoms with Crippen molar-refractivity contribution < 1.29 is 9.53 Å². The van der Waals surface area contributed by atoms with Gasteiger partial charge in [0.25, 0.3) is 0 Å². The Hall–Kier alpha value is -1.66. The summed E-state index contributed by atoms with van der Waals surface area (Å²) in [5.74, 6) is 1.43. The minimum atomic E-state index is -0.265. The molecule has 0 bridgehead atoms. The van der Waals surface area contributed by atoms with Crippen molar-refractivity contribution in [2.24, 2.45) is 5.41 Å². The lowest BCUT2D eigenvalue weighted by molar-refractivity contribution is -0.140. The number of halogens is 1. The van der Waals surface area contributed by atoms with E-state index >= 15 is 0 Å². The average molecular weight is 349 g/mol. The number of imidazole rings is 1. The fraction of sp³-hybridized carbons (Fsp3) is 0.588. The Labute approximate surface area is 145 Å². The zero-order valence-electron chi connectivity index (χ0n) is 13.7. The second-order valence-electron chi connectivity index (χ2n) is 6.89. The molecule has 2 aromatic heterocycles. The molecule has 0 aromatic carbocycles. The van der Waals surface area contributed by atoms with Gasteiger partial charge in [-0.3, -0.25) is 9.20 Å². The summed E-state index contributed by atoms with van der Waals surface area (Å²) in [5, 5.41) is 0.456. The Morgan fingerprint density at radius 2 is 2.29 bits per heavy atom. The van der Waals surface area contributed by atoms with Crippen molar-refractivity contribution in [2.45, 2.75) is 31.6 Å². The summed E-state index contributed by atoms with van der Waals surface area (Å²) in [6.45, 7) is 2.07. The number of carbonyl (C=O) groups excluding carboxylic acids is 1. The molecule has 1 aliphatic carbocycles. The lowest BCUT2D eigenvalue weighted by Gasteiger charge is -2.34. The zero-order chi connectivity index (χ0) is 16.7. The fourth-order valence-corrected chi connectivity index (χ4v) is 3.97. The Balaban J connectivity index is 1.56. The van der Waals surface area contributed by atoms with Crippen molar-refractivity contribution in [1.82, 2.24) is 19.3 Å². The molecular formula is C17H21ClN4O2. The first kappa shape index (κ1) is 15.8. The number of rotatable bonds is 4. The van der Waals surface area contributed by atoms with Crippen molar-refractivity contribution >= 4 is 23.0 Å². The van der Waals surface area contributed by atoms with E-state index in [0.29, 0.717) is 18.3 Å². The number of hydrogen-bond donors (Lipinski definition) is 0. The summed E-state index contributed by atoms with van der Waals surface area (Å²) < 4.78 is 7.26. The molecule has 6 nitrogen and oxygen atoms in total. The highest BCUT2D eigenvalue weighted by Crippen LogP contribution is 2.48. The van der Waals surface area contributed by atoms with Gasteiger partial charge in [-0.1, -0.05) is 11.6 Å². The van der Waals surface area contributed by atoms with Gasteiger partial charge >= 0.3 is 0 Å². The number of fused-ring (bicyclic) bond motifs is 1. The van der Waals surface area contributed by atoms with Crippen LogP contribution in [0.4, 0.5) is 0 Å². The number of methoxy groups -OCH3 is 1. The Kier molecular flexibility index (Phi) is 3.96. The fourth-order valence-electron chi connectivity index (χ4n) is 3.77. The molecule has 2 fully saturated rings. The number of likely N-dealkylation sites (tertiary alicyclic amines) is 1. The van der Waals surface area contributed by atoms with E-state index in [9.17, 15) is 4.79 Å². The van der Waals surface area contributed by atoms with E-state index in [1.807, 2.05) is 15.5 Å². The minimum absolute atomic E-state index is 0.224. The molecule has 1 unspecified atom stereocenters. The Morgan fingerprint density at radius 3 is 3.04 bits per heavy atom. The predicted octanol–water partition coefficient (Wildman–Crippen LogP) is 2.52. The van der Waals surface area contributed by atoms with E-state index in [4.69, 9.17) is 16.3 Å². The molecule has 24 heavy (non-hydrogen) atoms. The van der Waals surface area contributed by atoms with E-state index in [1.54, 1.807) is 19.5 Å². The second-order valence-corrected chi connectivity index (χ2v) is 7.25. The van der Waals surface area contributed by atoms with Crippen LogP contribution in [0.1, 0.15) is 37.4 Å². The maximum absolute atomic E-state index is 12.9. The standard InChI is InChI=1S/C17H21ClN4O2/c1-24-11-17(4-5-17)16(23)21-7-2-3-12(10-21)15-20-9-13-14(18)19-6-8-22(13)15/h6,8-9,12H,2-5,7,10-11H2,1H3. The molecule has 1 saturated heterocycles. The van der Waals surface area contributed by atoms with Crippen LogP contribution in [0.3, 0.4) is 0 Å². The third-order valence-corrected chi connectivity index (χ3v) is 5.53. The molecule has 3 heterocycles. The van der Waals surface area contributed by atoms with Gasteiger partial charge in [0.05, 0.1) is 18.2 Å². The minimum Gasteiger partial charge on any atom is -0.384 e. The molecule has 2 aliphatic rings. The number of aromatic nitrogens is 3. The highest BCUT2D eigenvalue weighted by atomic mass is 35.5. The van der Waals surface area contributed by atoms with Gasteiger partial charge in [0.15, 0.2) is 5.15 Å². The first-order valence-electron chi connectivity index (χ1n) is 8.40. The highest BCUT2D eigenvalue weighted by molar-refractivity contribution is 6.32. The van der Waals surface area contributed by atoms with Crippen LogP contribution in [0.2, 0.25) is 5.15 Å². The third-order valence-electron chi connectivity index (χ3n) is 5.24. The van der Waals surface area contributed by atoms with Crippen molar-refractivity contribution in [2.75, 3.05) is 26.8 Å². The summed E-state index contributed by atoms with van der Waals surface area (Å²) in [6.07, 6.45) is 9.23. The summed E-state index contributed by atoms with van der Waals surface area (Å²) in [7, 11) is 1.67. The van der Waals surface area contributed by atoms with Crippen molar-refractivity contribution in [1.29, 1.82) is 0 Å². The van der Waals surface area contributed by atoms with E-state index in [-0.39, 0.29) is 17.2 Å². The molecule has 4 rings (SSSR count). The van der Waals surface area contributed by atoms with E-state index in [0.717, 1.165) is 43.6 Å². The van der Waals surface area contributed by atoms with Gasteiger partial charge in [-0.15, -0.1) is 0 Å². The maximum atomic E-state index is 12.9. The second kappa shape index (κ2) is 6.01. The van der Waals surface area contributed by atoms with Crippen LogP contribution in [0.15, 0.2) is 18.6 Å². The van der Waals surface area contributed by atoms with Gasteiger partial charge in [0.2, 0.25) is 5.91 Å². The quantitative estimate of drug-likeness (QED) is 0.851. The first-order chi connectivity index (χ1) is 11.6. The van der Waals surface area contributed by atoms with Gasteiger partial charge in [0, 0.05) is 38.5 Å². The number of nitrogens with zero attached hydrogens (tertiary/aromatic N) is 4. The molecule has 0 N–H and O–H groups in total. The monoisotopic (exact) mass is 348 g/mol. The number of hydrogen-bond acceptors (Lipinski definition) is 4. The van der Waals surface area contributed by atoms with Crippen molar-refractivity contribution in [3.05, 3.63) is 29.6 Å². The Bertz CT molecular complexity index is 771. The van der Waals surface area contributed by atoms with Crippen LogP contribution in [0.5, 0.6) is 0 Å². The number of ether oxygens (including phenoxy) is 1. The smallest absolute Gasteiger partial charge is 0.231 e. The van der Waals surface area contributed by atoms with Crippen molar-refractivity contribution in [3.8, 4) is 0 Å². The molecule has 1 saturated carbocycles. The Morgan fingerprint density at radius 1 is 1.46 bits per heavy atom. The van der Waals surface area contributed by atoms with Crippen LogP contribution in [-0.2, 0) is 9.53 Å². The van der Waals surface area contributed by atoms with Crippen molar-refractivity contribution in [3.63, 3.8) is 0 Å². The molecule has 1 amide bonds. The lowest BCUT2D eigenvalue weighted by atomic mass is 9.95. The number of amides is 1. The SMILES string of the molecule is COCC1(C(=O)N2CCCC(c3ncc4c(Cl)nccn34)C2)CC1. The van der Waals surface area contributed by atoms with Gasteiger partial charge in [-0.2, -0.15) is 0 Å². The van der Waals surface area contributed by atoms with Gasteiger partial charge < -0.3 is 9.64 Å². The first-order valence-corrected chi connectivity index (χ1v) is 8.78. The van der Waals surface area contributed by atoms with Crippen LogP contribution >= 0.6 is 11.6 Å². The summed E-state index contributed by atoms with van der Waals surface area (Å²) >= 11 is 6.14. The molecule has 128 valence electrons. The summed E-state index contributed by atoms with van der Waals surface area (Å²) in [4.78, 5) is 23.6. The average Bonchev–Trinajstić information content (AvgIpc) is 3.24. The molecule has 7 heteroatoms. The third kappa shape index (κ3) is 2.58. The molecule has 0 spiro atoms. The zero-order valence-corrected chi connectivity index (χ0v) is 14.5.